The number of rotatable bonds is 9. The van der Waals surface area contributed by atoms with E-state index in [4.69, 9.17) is 15.0 Å². The maximum absolute atomic E-state index is 12.8. The zero-order chi connectivity index (χ0) is 25.6. The van der Waals surface area contributed by atoms with Crippen LogP contribution in [0, 0.1) is 0 Å². The smallest absolute Gasteiger partial charge is 0.407 e. The molecule has 0 spiro atoms. The standard InChI is InChI=1S/C26H32N4O5/c1-25(2,3)35-23(31)22(13-14-26(4,33)16-28-30-27)29-24(32)34-15-21-19-11-7-5-9-17(19)18-10-6-8-12-20(18)21/h5-12,21-22,33H,13-16H2,1-4H3,(H,29,32)/t22-,26+/m0/s1. The number of aliphatic hydroxyl groups is 1. The van der Waals surface area contributed by atoms with Gasteiger partial charge in [0.2, 0.25) is 0 Å². The molecule has 0 saturated carbocycles. The molecule has 0 unspecified atom stereocenters. The van der Waals surface area contributed by atoms with E-state index >= 15 is 0 Å². The second-order valence-electron chi connectivity index (χ2n) is 9.98. The summed E-state index contributed by atoms with van der Waals surface area (Å²) in [4.78, 5) is 28.1. The first-order valence-corrected chi connectivity index (χ1v) is 11.6. The highest BCUT2D eigenvalue weighted by Gasteiger charge is 2.32. The van der Waals surface area contributed by atoms with E-state index in [9.17, 15) is 14.7 Å². The Morgan fingerprint density at radius 3 is 2.20 bits per heavy atom. The van der Waals surface area contributed by atoms with Crippen LogP contribution < -0.4 is 5.32 Å². The Kier molecular flexibility index (Phi) is 8.04. The van der Waals surface area contributed by atoms with Gasteiger partial charge in [-0.25, -0.2) is 9.59 Å². The lowest BCUT2D eigenvalue weighted by molar-refractivity contribution is -0.157. The van der Waals surface area contributed by atoms with Crippen molar-refractivity contribution in [2.75, 3.05) is 13.2 Å². The molecule has 0 fully saturated rings. The molecule has 1 amide bonds. The van der Waals surface area contributed by atoms with Gasteiger partial charge in [-0.3, -0.25) is 0 Å². The van der Waals surface area contributed by atoms with Crippen LogP contribution >= 0.6 is 0 Å². The fourth-order valence-electron chi connectivity index (χ4n) is 4.12. The number of hydrogen-bond acceptors (Lipinski definition) is 6. The molecule has 9 nitrogen and oxygen atoms in total. The SMILES string of the molecule is CC(C)(C)OC(=O)[C@H](CC[C@@](C)(O)CN=[N+]=[N-])NC(=O)OCC1c2ccccc2-c2ccccc21. The van der Waals surface area contributed by atoms with Crippen molar-refractivity contribution in [1.82, 2.24) is 5.32 Å². The van der Waals surface area contributed by atoms with Crippen molar-refractivity contribution in [2.45, 2.75) is 63.7 Å². The Morgan fingerprint density at radius 2 is 1.66 bits per heavy atom. The van der Waals surface area contributed by atoms with Crippen molar-refractivity contribution < 1.29 is 24.2 Å². The van der Waals surface area contributed by atoms with Crippen LogP contribution in [0.4, 0.5) is 4.79 Å². The molecule has 0 heterocycles. The molecule has 0 saturated heterocycles. The van der Waals surface area contributed by atoms with Gasteiger partial charge in [-0.05, 0) is 68.3 Å². The van der Waals surface area contributed by atoms with Gasteiger partial charge in [-0.15, -0.1) is 0 Å². The molecule has 2 atom stereocenters. The van der Waals surface area contributed by atoms with Gasteiger partial charge in [0, 0.05) is 10.8 Å². The molecule has 2 aromatic rings. The van der Waals surface area contributed by atoms with E-state index in [2.05, 4.69) is 27.5 Å². The van der Waals surface area contributed by atoms with Crippen molar-refractivity contribution in [2.24, 2.45) is 5.11 Å². The minimum absolute atomic E-state index is 0.0764. The van der Waals surface area contributed by atoms with Gasteiger partial charge in [0.25, 0.3) is 0 Å². The lowest BCUT2D eigenvalue weighted by Crippen LogP contribution is -2.46. The number of esters is 1. The zero-order valence-corrected chi connectivity index (χ0v) is 20.5. The average molecular weight is 481 g/mol. The maximum atomic E-state index is 12.8. The highest BCUT2D eigenvalue weighted by molar-refractivity contribution is 5.82. The lowest BCUT2D eigenvalue weighted by atomic mass is 9.97. The highest BCUT2D eigenvalue weighted by atomic mass is 16.6. The van der Waals surface area contributed by atoms with E-state index in [0.717, 1.165) is 22.3 Å². The Morgan fingerprint density at radius 1 is 1.09 bits per heavy atom. The monoisotopic (exact) mass is 480 g/mol. The molecule has 1 aliphatic carbocycles. The van der Waals surface area contributed by atoms with Crippen molar-refractivity contribution in [3.8, 4) is 11.1 Å². The normalized spacial score (nSPS) is 15.1. The molecule has 0 bridgehead atoms. The fourth-order valence-corrected chi connectivity index (χ4v) is 4.12. The summed E-state index contributed by atoms with van der Waals surface area (Å²) in [6.07, 6.45) is -0.579. The molecule has 0 radical (unpaired) electrons. The van der Waals surface area contributed by atoms with Gasteiger partial charge in [0.15, 0.2) is 0 Å². The topological polar surface area (TPSA) is 134 Å². The van der Waals surface area contributed by atoms with Crippen LogP contribution in [0.3, 0.4) is 0 Å². The average Bonchev–Trinajstić information content (AvgIpc) is 3.11. The first-order chi connectivity index (χ1) is 16.5. The van der Waals surface area contributed by atoms with Crippen molar-refractivity contribution in [3.05, 3.63) is 70.1 Å². The minimum Gasteiger partial charge on any atom is -0.458 e. The Balaban J connectivity index is 1.68. The summed E-state index contributed by atoms with van der Waals surface area (Å²) in [7, 11) is 0. The Bertz CT molecular complexity index is 1070. The summed E-state index contributed by atoms with van der Waals surface area (Å²) in [5, 5.41) is 16.4. The van der Waals surface area contributed by atoms with Crippen LogP contribution in [0.25, 0.3) is 21.6 Å². The maximum Gasteiger partial charge on any atom is 0.407 e. The number of benzene rings is 2. The number of carbonyl (C=O) groups is 2. The number of azide groups is 1. The summed E-state index contributed by atoms with van der Waals surface area (Å²) in [5.41, 5.74) is 10.8. The predicted molar refractivity (Wildman–Crippen MR) is 132 cm³/mol. The zero-order valence-electron chi connectivity index (χ0n) is 20.5. The summed E-state index contributed by atoms with van der Waals surface area (Å²) < 4.78 is 11.0. The third kappa shape index (κ3) is 6.97. The number of carbonyl (C=O) groups excluding carboxylic acids is 2. The second-order valence-corrected chi connectivity index (χ2v) is 9.98. The van der Waals surface area contributed by atoms with Gasteiger partial charge in [0.1, 0.15) is 18.2 Å². The van der Waals surface area contributed by atoms with Gasteiger partial charge in [0.05, 0.1) is 12.1 Å². The molecule has 0 aromatic heterocycles. The highest BCUT2D eigenvalue weighted by Crippen LogP contribution is 2.44. The van der Waals surface area contributed by atoms with E-state index < -0.39 is 29.3 Å². The number of amides is 1. The summed E-state index contributed by atoms with van der Waals surface area (Å²) in [5.74, 6) is -0.747. The number of ether oxygens (including phenoxy) is 2. The molecule has 9 heteroatoms. The summed E-state index contributed by atoms with van der Waals surface area (Å²) in [6.45, 7) is 6.64. The number of hydrogen-bond donors (Lipinski definition) is 2. The lowest BCUT2D eigenvalue weighted by Gasteiger charge is -2.27. The minimum atomic E-state index is -1.34. The quantitative estimate of drug-likeness (QED) is 0.223. The van der Waals surface area contributed by atoms with Crippen LogP contribution in [-0.2, 0) is 14.3 Å². The van der Waals surface area contributed by atoms with E-state index in [1.807, 2.05) is 36.4 Å². The van der Waals surface area contributed by atoms with Gasteiger partial charge in [-0.2, -0.15) is 0 Å². The molecule has 1 aliphatic rings. The third-order valence-corrected chi connectivity index (χ3v) is 5.77. The molecular formula is C26H32N4O5. The van der Waals surface area contributed by atoms with Gasteiger partial charge in [-0.1, -0.05) is 53.6 Å². The molecule has 3 rings (SSSR count). The second kappa shape index (κ2) is 10.8. The first-order valence-electron chi connectivity index (χ1n) is 11.6. The molecule has 2 N–H and O–H groups in total. The van der Waals surface area contributed by atoms with Crippen LogP contribution in [0.5, 0.6) is 0 Å². The van der Waals surface area contributed by atoms with Crippen LogP contribution in [0.1, 0.15) is 57.6 Å². The van der Waals surface area contributed by atoms with E-state index in [1.165, 1.54) is 6.92 Å². The summed E-state index contributed by atoms with van der Waals surface area (Å²) in [6, 6.07) is 15.0. The third-order valence-electron chi connectivity index (χ3n) is 5.77. The van der Waals surface area contributed by atoms with E-state index in [1.54, 1.807) is 20.8 Å². The molecule has 35 heavy (non-hydrogen) atoms. The van der Waals surface area contributed by atoms with Crippen LogP contribution in [-0.4, -0.2) is 47.6 Å². The fraction of sp³-hybridized carbons (Fsp3) is 0.462. The Labute approximate surface area is 205 Å². The van der Waals surface area contributed by atoms with Crippen LogP contribution in [0.2, 0.25) is 0 Å². The number of alkyl carbamates (subject to hydrolysis) is 1. The summed E-state index contributed by atoms with van der Waals surface area (Å²) >= 11 is 0. The Hall–Kier alpha value is -3.55. The van der Waals surface area contributed by atoms with E-state index in [0.29, 0.717) is 0 Å². The van der Waals surface area contributed by atoms with Crippen molar-refractivity contribution in [1.29, 1.82) is 0 Å². The number of nitrogens with zero attached hydrogens (tertiary/aromatic N) is 3. The molecule has 186 valence electrons. The molecular weight excluding hydrogens is 448 g/mol. The largest absolute Gasteiger partial charge is 0.458 e. The van der Waals surface area contributed by atoms with E-state index in [-0.39, 0.29) is 31.9 Å². The van der Waals surface area contributed by atoms with Gasteiger partial charge >= 0.3 is 12.1 Å². The first kappa shape index (κ1) is 26.1. The van der Waals surface area contributed by atoms with Gasteiger partial charge < -0.3 is 19.9 Å². The van der Waals surface area contributed by atoms with Crippen molar-refractivity contribution >= 4 is 12.1 Å². The van der Waals surface area contributed by atoms with Crippen molar-refractivity contribution in [3.63, 3.8) is 0 Å². The number of fused-ring (bicyclic) bond motifs is 3. The molecule has 0 aliphatic heterocycles. The predicted octanol–water partition coefficient (Wildman–Crippen LogP) is 5.08. The van der Waals surface area contributed by atoms with Crippen LogP contribution in [0.15, 0.2) is 53.6 Å². The number of nitrogens with one attached hydrogen (secondary N) is 1. The molecule has 2 aromatic carbocycles.